The number of benzene rings is 1. The van der Waals surface area contributed by atoms with Crippen molar-refractivity contribution < 1.29 is 4.92 Å². The Morgan fingerprint density at radius 3 is 2.37 bits per heavy atom. The van der Waals surface area contributed by atoms with Gasteiger partial charge in [0.25, 0.3) is 5.69 Å². The van der Waals surface area contributed by atoms with Crippen LogP contribution in [0.15, 0.2) is 48.7 Å². The average Bonchev–Trinajstić information content (AvgIpc) is 2.46. The molecule has 0 aliphatic heterocycles. The first-order chi connectivity index (χ1) is 9.11. The lowest BCUT2D eigenvalue weighted by Crippen LogP contribution is -2.05. The Morgan fingerprint density at radius 2 is 1.74 bits per heavy atom. The van der Waals surface area contributed by atoms with Crippen molar-refractivity contribution in [3.05, 3.63) is 70.0 Å². The lowest BCUT2D eigenvalue weighted by Gasteiger charge is -2.15. The van der Waals surface area contributed by atoms with Gasteiger partial charge in [0, 0.05) is 17.8 Å². The van der Waals surface area contributed by atoms with Crippen LogP contribution in [0.2, 0.25) is 0 Å². The zero-order valence-corrected chi connectivity index (χ0v) is 11.3. The largest absolute Gasteiger partial charge is 0.274 e. The molecule has 19 heavy (non-hydrogen) atoms. The van der Waals surface area contributed by atoms with E-state index in [0.29, 0.717) is 11.3 Å². The van der Waals surface area contributed by atoms with Gasteiger partial charge in [0.15, 0.2) is 0 Å². The third-order valence-electron chi connectivity index (χ3n) is 2.66. The summed E-state index contributed by atoms with van der Waals surface area (Å²) in [6, 6.07) is 11.6. The van der Waals surface area contributed by atoms with E-state index in [-0.39, 0.29) is 5.69 Å². The number of hydrogen-bond acceptors (Lipinski definition) is 3. The quantitative estimate of drug-likeness (QED) is 0.481. The molecule has 0 radical (unpaired) electrons. The molecule has 0 N–H and O–H groups in total. The normalized spacial score (nSPS) is 13.8. The monoisotopic (exact) mass is 296 g/mol. The zero-order chi connectivity index (χ0) is 13.8. The van der Waals surface area contributed by atoms with Crippen LogP contribution in [0.4, 0.5) is 5.69 Å². The van der Waals surface area contributed by atoms with Crippen LogP contribution in [-0.4, -0.2) is 9.91 Å². The third kappa shape index (κ3) is 3.03. The Hall–Kier alpha value is -1.65. The van der Waals surface area contributed by atoms with Crippen molar-refractivity contribution in [2.45, 2.75) is 10.8 Å². The van der Waals surface area contributed by atoms with Gasteiger partial charge in [-0.3, -0.25) is 15.1 Å². The number of alkyl halides is 2. The molecule has 1 aromatic carbocycles. The van der Waals surface area contributed by atoms with Gasteiger partial charge >= 0.3 is 0 Å². The lowest BCUT2D eigenvalue weighted by molar-refractivity contribution is -0.385. The summed E-state index contributed by atoms with van der Waals surface area (Å²) >= 11 is 12.5. The summed E-state index contributed by atoms with van der Waals surface area (Å²) in [5.41, 5.74) is 0.936. The molecule has 1 aromatic heterocycles. The Morgan fingerprint density at radius 1 is 1.05 bits per heavy atom. The molecule has 2 rings (SSSR count). The number of nitrogens with zero attached hydrogens (tertiary/aromatic N) is 2. The standard InChI is InChI=1S/C13H10Cl2N2O2/c14-12(13(15)10-6-3-4-8-16-10)9-5-1-2-7-11(9)17(18)19/h1-8,12-13H/t12-,13+/m1/s1. The first-order valence-electron chi connectivity index (χ1n) is 5.53. The molecule has 1 heterocycles. The number of halogens is 2. The maximum atomic E-state index is 11.0. The Kier molecular flexibility index (Phi) is 4.35. The number of aromatic nitrogens is 1. The average molecular weight is 297 g/mol. The fraction of sp³-hybridized carbons (Fsp3) is 0.154. The summed E-state index contributed by atoms with van der Waals surface area (Å²) < 4.78 is 0. The molecule has 2 atom stereocenters. The number of rotatable bonds is 4. The molecule has 0 bridgehead atoms. The van der Waals surface area contributed by atoms with E-state index >= 15 is 0 Å². The van der Waals surface area contributed by atoms with E-state index in [1.807, 2.05) is 0 Å². The van der Waals surface area contributed by atoms with E-state index in [1.165, 1.54) is 6.07 Å². The fourth-order valence-electron chi connectivity index (χ4n) is 1.73. The first-order valence-corrected chi connectivity index (χ1v) is 6.41. The smallest absolute Gasteiger partial charge is 0.260 e. The van der Waals surface area contributed by atoms with Crippen LogP contribution in [-0.2, 0) is 0 Å². The predicted octanol–water partition coefficient (Wildman–Crippen LogP) is 4.25. The molecule has 0 aliphatic carbocycles. The van der Waals surface area contributed by atoms with Crippen LogP contribution < -0.4 is 0 Å². The van der Waals surface area contributed by atoms with Crippen molar-refractivity contribution in [2.75, 3.05) is 0 Å². The van der Waals surface area contributed by atoms with E-state index in [1.54, 1.807) is 42.6 Å². The van der Waals surface area contributed by atoms with E-state index in [0.717, 1.165) is 0 Å². The molecule has 0 unspecified atom stereocenters. The van der Waals surface area contributed by atoms with Crippen LogP contribution >= 0.6 is 23.2 Å². The van der Waals surface area contributed by atoms with Gasteiger partial charge in [-0.25, -0.2) is 0 Å². The molecule has 98 valence electrons. The summed E-state index contributed by atoms with van der Waals surface area (Å²) in [4.78, 5) is 14.6. The number of para-hydroxylation sites is 1. The molecule has 0 saturated heterocycles. The molecular weight excluding hydrogens is 287 g/mol. The molecule has 0 spiro atoms. The summed E-state index contributed by atoms with van der Waals surface area (Å²) in [5, 5.41) is 9.61. The Bertz CT molecular complexity index is 578. The van der Waals surface area contributed by atoms with Gasteiger partial charge in [0.2, 0.25) is 0 Å². The van der Waals surface area contributed by atoms with E-state index < -0.39 is 15.7 Å². The van der Waals surface area contributed by atoms with Gasteiger partial charge in [0.1, 0.15) is 0 Å². The highest BCUT2D eigenvalue weighted by atomic mass is 35.5. The Balaban J connectivity index is 2.34. The van der Waals surface area contributed by atoms with Crippen molar-refractivity contribution in [1.82, 2.24) is 4.98 Å². The van der Waals surface area contributed by atoms with Crippen molar-refractivity contribution in [3.8, 4) is 0 Å². The topological polar surface area (TPSA) is 56.0 Å². The second-order valence-electron chi connectivity index (χ2n) is 3.87. The second-order valence-corrected chi connectivity index (χ2v) is 4.81. The summed E-state index contributed by atoms with van der Waals surface area (Å²) in [5.74, 6) is 0. The molecule has 0 amide bonds. The number of nitro benzene ring substituents is 1. The van der Waals surface area contributed by atoms with Crippen LogP contribution in [0.25, 0.3) is 0 Å². The van der Waals surface area contributed by atoms with Crippen molar-refractivity contribution in [1.29, 1.82) is 0 Å². The maximum absolute atomic E-state index is 11.0. The first kappa shape index (κ1) is 13.8. The van der Waals surface area contributed by atoms with Gasteiger partial charge < -0.3 is 0 Å². The SMILES string of the molecule is O=[N+]([O-])c1ccccc1[C@@H](Cl)[C@@H](Cl)c1ccccn1. The molecular formula is C13H10Cl2N2O2. The molecule has 0 fully saturated rings. The van der Waals surface area contributed by atoms with Crippen molar-refractivity contribution in [2.24, 2.45) is 0 Å². The van der Waals surface area contributed by atoms with Gasteiger partial charge in [0.05, 0.1) is 21.4 Å². The van der Waals surface area contributed by atoms with Crippen LogP contribution in [0.1, 0.15) is 22.0 Å². The molecule has 6 heteroatoms. The molecule has 2 aromatic rings. The lowest BCUT2D eigenvalue weighted by atomic mass is 10.0. The van der Waals surface area contributed by atoms with Crippen molar-refractivity contribution >= 4 is 28.9 Å². The minimum atomic E-state index is -0.724. The number of nitro groups is 1. The van der Waals surface area contributed by atoms with Gasteiger partial charge in [-0.15, -0.1) is 23.2 Å². The summed E-state index contributed by atoms with van der Waals surface area (Å²) in [6.45, 7) is 0. The maximum Gasteiger partial charge on any atom is 0.274 e. The highest BCUT2D eigenvalue weighted by Crippen LogP contribution is 2.41. The fourth-order valence-corrected chi connectivity index (χ4v) is 2.31. The van der Waals surface area contributed by atoms with Crippen LogP contribution in [0, 0.1) is 10.1 Å². The minimum absolute atomic E-state index is 0.0379. The zero-order valence-electron chi connectivity index (χ0n) is 9.74. The predicted molar refractivity (Wildman–Crippen MR) is 74.5 cm³/mol. The van der Waals surface area contributed by atoms with Crippen LogP contribution in [0.3, 0.4) is 0 Å². The minimum Gasteiger partial charge on any atom is -0.260 e. The number of pyridine rings is 1. The molecule has 0 aliphatic rings. The molecule has 0 saturated carbocycles. The third-order valence-corrected chi connectivity index (χ3v) is 3.75. The van der Waals surface area contributed by atoms with Gasteiger partial charge in [-0.2, -0.15) is 0 Å². The van der Waals surface area contributed by atoms with Crippen LogP contribution in [0.5, 0.6) is 0 Å². The van der Waals surface area contributed by atoms with Gasteiger partial charge in [-0.05, 0) is 12.1 Å². The van der Waals surface area contributed by atoms with E-state index in [2.05, 4.69) is 4.98 Å². The van der Waals surface area contributed by atoms with E-state index in [9.17, 15) is 10.1 Å². The Labute approximate surface area is 120 Å². The summed E-state index contributed by atoms with van der Waals surface area (Å²) in [6.07, 6.45) is 1.60. The molecule has 4 nitrogen and oxygen atoms in total. The van der Waals surface area contributed by atoms with E-state index in [4.69, 9.17) is 23.2 Å². The van der Waals surface area contributed by atoms with Gasteiger partial charge in [-0.1, -0.05) is 24.3 Å². The highest BCUT2D eigenvalue weighted by Gasteiger charge is 2.27. The van der Waals surface area contributed by atoms with Crippen molar-refractivity contribution in [3.63, 3.8) is 0 Å². The second kappa shape index (κ2) is 5.99. The highest BCUT2D eigenvalue weighted by molar-refractivity contribution is 6.30. The number of hydrogen-bond donors (Lipinski definition) is 0. The summed E-state index contributed by atoms with van der Waals surface area (Å²) in [7, 11) is 0.